The summed E-state index contributed by atoms with van der Waals surface area (Å²) in [5.41, 5.74) is 0.822. The van der Waals surface area contributed by atoms with Crippen LogP contribution >= 0.6 is 0 Å². The summed E-state index contributed by atoms with van der Waals surface area (Å²) < 4.78 is 51.8. The van der Waals surface area contributed by atoms with Crippen LogP contribution in [0.5, 0.6) is 0 Å². The van der Waals surface area contributed by atoms with E-state index in [1.807, 2.05) is 0 Å². The lowest BCUT2D eigenvalue weighted by Gasteiger charge is -2.23. The predicted octanol–water partition coefficient (Wildman–Crippen LogP) is 1.85. The number of hydrogen-bond donors (Lipinski definition) is 2. The van der Waals surface area contributed by atoms with Crippen LogP contribution in [-0.2, 0) is 24.8 Å². The Balaban J connectivity index is 1.73. The summed E-state index contributed by atoms with van der Waals surface area (Å²) in [7, 11) is -7.14. The Morgan fingerprint density at radius 1 is 0.964 bits per heavy atom. The van der Waals surface area contributed by atoms with E-state index >= 15 is 0 Å². The number of carbonyl (C=O) groups excluding carboxylic acids is 1. The van der Waals surface area contributed by atoms with Crippen LogP contribution in [0.4, 0.5) is 11.4 Å². The monoisotopic (exact) mass is 423 g/mol. The van der Waals surface area contributed by atoms with Crippen LogP contribution < -0.4 is 10.0 Å². The molecule has 10 heteroatoms. The molecule has 8 nitrogen and oxygen atoms in total. The van der Waals surface area contributed by atoms with Crippen molar-refractivity contribution >= 4 is 37.3 Å². The zero-order chi connectivity index (χ0) is 20.4. The van der Waals surface area contributed by atoms with Gasteiger partial charge in [0.2, 0.25) is 26.0 Å². The van der Waals surface area contributed by atoms with Gasteiger partial charge in [0, 0.05) is 17.9 Å². The molecule has 0 aromatic heterocycles. The summed E-state index contributed by atoms with van der Waals surface area (Å²) in [6.07, 6.45) is 2.08. The minimum absolute atomic E-state index is 0.158. The Kier molecular flexibility index (Phi) is 5.73. The summed E-state index contributed by atoms with van der Waals surface area (Å²) >= 11 is 0. The highest BCUT2D eigenvalue weighted by Gasteiger charge is 2.39. The zero-order valence-electron chi connectivity index (χ0n) is 15.2. The van der Waals surface area contributed by atoms with Gasteiger partial charge in [-0.3, -0.25) is 9.52 Å². The van der Waals surface area contributed by atoms with Crippen LogP contribution in [0, 0.1) is 0 Å². The van der Waals surface area contributed by atoms with Gasteiger partial charge in [0.25, 0.3) is 0 Å². The fourth-order valence-electron chi connectivity index (χ4n) is 3.08. The second kappa shape index (κ2) is 7.90. The summed E-state index contributed by atoms with van der Waals surface area (Å²) in [6, 6.07) is 13.4. The Labute approximate surface area is 164 Å². The number of nitrogens with zero attached hydrogens (tertiary/aromatic N) is 1. The van der Waals surface area contributed by atoms with Crippen molar-refractivity contribution in [2.45, 2.75) is 23.8 Å². The molecule has 0 saturated carbocycles. The highest BCUT2D eigenvalue weighted by Crippen LogP contribution is 2.27. The first-order valence-corrected chi connectivity index (χ1v) is 12.0. The van der Waals surface area contributed by atoms with Gasteiger partial charge in [-0.05, 0) is 49.2 Å². The molecule has 3 rings (SSSR count). The number of nitrogens with one attached hydrogen (secondary N) is 2. The van der Waals surface area contributed by atoms with Crippen molar-refractivity contribution in [3.8, 4) is 0 Å². The molecule has 2 aromatic carbocycles. The maximum atomic E-state index is 12.9. The number of sulfonamides is 2. The average Bonchev–Trinajstić information content (AvgIpc) is 3.14. The number of anilines is 2. The van der Waals surface area contributed by atoms with Gasteiger partial charge in [0.1, 0.15) is 6.04 Å². The van der Waals surface area contributed by atoms with Crippen LogP contribution in [-0.4, -0.2) is 45.9 Å². The second-order valence-corrected chi connectivity index (χ2v) is 10.2. The van der Waals surface area contributed by atoms with Gasteiger partial charge in [-0.15, -0.1) is 0 Å². The topological polar surface area (TPSA) is 113 Å². The Morgan fingerprint density at radius 2 is 1.57 bits per heavy atom. The maximum absolute atomic E-state index is 12.9. The molecule has 1 fully saturated rings. The molecule has 0 spiro atoms. The maximum Gasteiger partial charge on any atom is 0.243 e. The summed E-state index contributed by atoms with van der Waals surface area (Å²) in [5, 5.41) is 2.71. The first kappa shape index (κ1) is 20.3. The molecule has 1 amide bonds. The van der Waals surface area contributed by atoms with E-state index in [1.165, 1.54) is 28.6 Å². The normalized spacial score (nSPS) is 18.0. The molecule has 2 aromatic rings. The zero-order valence-corrected chi connectivity index (χ0v) is 16.8. The SMILES string of the molecule is CS(=O)(=O)Nc1ccc(NC(=O)C2CCCN2S(=O)(=O)c2ccccc2)cc1. The number of amides is 1. The minimum atomic E-state index is -3.76. The lowest BCUT2D eigenvalue weighted by atomic mass is 10.2. The highest BCUT2D eigenvalue weighted by molar-refractivity contribution is 7.92. The molecule has 1 unspecified atom stereocenters. The molecule has 1 aliphatic heterocycles. The van der Waals surface area contributed by atoms with Crippen molar-refractivity contribution in [3.05, 3.63) is 54.6 Å². The second-order valence-electron chi connectivity index (χ2n) is 6.53. The predicted molar refractivity (Wildman–Crippen MR) is 107 cm³/mol. The van der Waals surface area contributed by atoms with Gasteiger partial charge < -0.3 is 5.32 Å². The summed E-state index contributed by atoms with van der Waals surface area (Å²) in [6.45, 7) is 0.284. The van der Waals surface area contributed by atoms with Gasteiger partial charge in [0.15, 0.2) is 0 Å². The van der Waals surface area contributed by atoms with Gasteiger partial charge in [-0.1, -0.05) is 18.2 Å². The first-order valence-electron chi connectivity index (χ1n) is 8.62. The lowest BCUT2D eigenvalue weighted by Crippen LogP contribution is -2.43. The van der Waals surface area contributed by atoms with E-state index < -0.39 is 32.0 Å². The van der Waals surface area contributed by atoms with Gasteiger partial charge >= 0.3 is 0 Å². The van der Waals surface area contributed by atoms with Crippen molar-refractivity contribution in [2.24, 2.45) is 0 Å². The smallest absolute Gasteiger partial charge is 0.243 e. The molecule has 0 bridgehead atoms. The van der Waals surface area contributed by atoms with Crippen molar-refractivity contribution in [3.63, 3.8) is 0 Å². The highest BCUT2D eigenvalue weighted by atomic mass is 32.2. The molecule has 1 aliphatic rings. The molecular weight excluding hydrogens is 402 g/mol. The third kappa shape index (κ3) is 4.70. The fraction of sp³-hybridized carbons (Fsp3) is 0.278. The number of benzene rings is 2. The molecule has 0 aliphatic carbocycles. The first-order chi connectivity index (χ1) is 13.2. The minimum Gasteiger partial charge on any atom is -0.325 e. The van der Waals surface area contributed by atoms with Gasteiger partial charge in [-0.2, -0.15) is 4.31 Å². The summed E-state index contributed by atoms with van der Waals surface area (Å²) in [5.74, 6) is -0.416. The lowest BCUT2D eigenvalue weighted by molar-refractivity contribution is -0.119. The van der Waals surface area contributed by atoms with Crippen molar-refractivity contribution < 1.29 is 21.6 Å². The molecule has 1 saturated heterocycles. The van der Waals surface area contributed by atoms with Crippen molar-refractivity contribution in [2.75, 3.05) is 22.8 Å². The molecule has 0 radical (unpaired) electrons. The van der Waals surface area contributed by atoms with E-state index in [1.54, 1.807) is 30.3 Å². The Morgan fingerprint density at radius 3 is 2.18 bits per heavy atom. The Bertz CT molecular complexity index is 1050. The molecule has 150 valence electrons. The van der Waals surface area contributed by atoms with Gasteiger partial charge in [0.05, 0.1) is 11.2 Å². The molecule has 2 N–H and O–H groups in total. The van der Waals surface area contributed by atoms with Crippen LogP contribution in [0.1, 0.15) is 12.8 Å². The average molecular weight is 424 g/mol. The van der Waals surface area contributed by atoms with E-state index in [0.717, 1.165) is 6.26 Å². The fourth-order valence-corrected chi connectivity index (χ4v) is 5.32. The molecular formula is C18H21N3O5S2. The number of carbonyl (C=O) groups is 1. The van der Waals surface area contributed by atoms with Crippen LogP contribution in [0.25, 0.3) is 0 Å². The molecule has 1 heterocycles. The molecule has 1 atom stereocenters. The largest absolute Gasteiger partial charge is 0.325 e. The molecule has 28 heavy (non-hydrogen) atoms. The van der Waals surface area contributed by atoms with Crippen molar-refractivity contribution in [1.82, 2.24) is 4.31 Å². The van der Waals surface area contributed by atoms with Crippen LogP contribution in [0.2, 0.25) is 0 Å². The van der Waals surface area contributed by atoms with E-state index in [9.17, 15) is 21.6 Å². The van der Waals surface area contributed by atoms with Crippen LogP contribution in [0.15, 0.2) is 59.5 Å². The van der Waals surface area contributed by atoms with E-state index in [-0.39, 0.29) is 11.4 Å². The van der Waals surface area contributed by atoms with E-state index in [0.29, 0.717) is 24.2 Å². The third-order valence-electron chi connectivity index (χ3n) is 4.31. The quantitative estimate of drug-likeness (QED) is 0.736. The number of hydrogen-bond acceptors (Lipinski definition) is 5. The van der Waals surface area contributed by atoms with Crippen LogP contribution in [0.3, 0.4) is 0 Å². The van der Waals surface area contributed by atoms with Gasteiger partial charge in [-0.25, -0.2) is 16.8 Å². The summed E-state index contributed by atoms with van der Waals surface area (Å²) in [4.78, 5) is 12.8. The number of rotatable bonds is 6. The van der Waals surface area contributed by atoms with Crippen molar-refractivity contribution in [1.29, 1.82) is 0 Å². The Hall–Kier alpha value is -2.43. The van der Waals surface area contributed by atoms with E-state index in [4.69, 9.17) is 0 Å². The standard InChI is InChI=1S/C18H21N3O5S2/c1-27(23,24)20-15-11-9-14(10-12-15)19-18(22)17-8-5-13-21(17)28(25,26)16-6-3-2-4-7-16/h2-4,6-7,9-12,17,20H,5,8,13H2,1H3,(H,19,22). The van der Waals surface area contributed by atoms with E-state index in [2.05, 4.69) is 10.0 Å². The third-order valence-corrected chi connectivity index (χ3v) is 6.84.